The summed E-state index contributed by atoms with van der Waals surface area (Å²) < 4.78 is 15.4. The van der Waals surface area contributed by atoms with E-state index in [0.29, 0.717) is 0 Å². The number of aliphatic hydroxyl groups is 1. The van der Waals surface area contributed by atoms with Gasteiger partial charge in [-0.05, 0) is 6.92 Å². The van der Waals surface area contributed by atoms with Crippen molar-refractivity contribution < 1.29 is 19.3 Å². The van der Waals surface area contributed by atoms with Gasteiger partial charge in [-0.25, -0.2) is 0 Å². The highest BCUT2D eigenvalue weighted by molar-refractivity contribution is 5.14. The fraction of sp³-hybridized carbons (Fsp3) is 0.778. The monoisotopic (exact) mass is 186 g/mol. The van der Waals surface area contributed by atoms with Gasteiger partial charge in [0.15, 0.2) is 5.60 Å². The fourth-order valence-corrected chi connectivity index (χ4v) is 1.32. The Balaban J connectivity index is 2.87. The molecule has 4 heteroatoms. The highest BCUT2D eigenvalue weighted by atomic mass is 16.9. The van der Waals surface area contributed by atoms with Crippen molar-refractivity contribution in [1.82, 2.24) is 0 Å². The third kappa shape index (κ3) is 1.56. The van der Waals surface area contributed by atoms with E-state index in [1.165, 1.54) is 14.2 Å². The third-order valence-electron chi connectivity index (χ3n) is 2.36. The highest BCUT2D eigenvalue weighted by Crippen LogP contribution is 2.38. The van der Waals surface area contributed by atoms with Crippen LogP contribution in [0.1, 0.15) is 13.3 Å². The Hall–Kier alpha value is -0.600. The van der Waals surface area contributed by atoms with Crippen LogP contribution < -0.4 is 0 Å². The molecule has 1 aliphatic heterocycles. The Morgan fingerprint density at radius 1 is 1.54 bits per heavy atom. The highest BCUT2D eigenvalue weighted by Gasteiger charge is 2.53. The Morgan fingerprint density at radius 2 is 2.08 bits per heavy atom. The fourth-order valence-electron chi connectivity index (χ4n) is 1.32. The summed E-state index contributed by atoms with van der Waals surface area (Å²) in [5, 5.41) is 9.62. The Morgan fingerprint density at radius 3 is 2.31 bits per heavy atom. The zero-order valence-corrected chi connectivity index (χ0v) is 8.03. The summed E-state index contributed by atoms with van der Waals surface area (Å²) >= 11 is 0. The average molecular weight is 186 g/mol. The van der Waals surface area contributed by atoms with Crippen molar-refractivity contribution in [2.24, 2.45) is 0 Å². The van der Waals surface area contributed by atoms with Crippen LogP contribution in [0.4, 0.5) is 0 Å². The van der Waals surface area contributed by atoms with E-state index in [-0.39, 0.29) is 6.42 Å². The van der Waals surface area contributed by atoms with E-state index in [2.05, 4.69) is 5.92 Å². The number of terminal acetylenes is 1. The molecule has 1 aliphatic rings. The van der Waals surface area contributed by atoms with Crippen molar-refractivity contribution in [2.45, 2.75) is 31.0 Å². The van der Waals surface area contributed by atoms with Crippen LogP contribution in [0, 0.1) is 12.3 Å². The van der Waals surface area contributed by atoms with Crippen LogP contribution in [-0.4, -0.2) is 37.0 Å². The molecular formula is C9H14O4. The summed E-state index contributed by atoms with van der Waals surface area (Å²) in [7, 11) is 2.89. The first-order valence-electron chi connectivity index (χ1n) is 3.98. The van der Waals surface area contributed by atoms with Gasteiger partial charge < -0.3 is 19.3 Å². The number of rotatable bonds is 2. The first-order valence-corrected chi connectivity index (χ1v) is 3.98. The summed E-state index contributed by atoms with van der Waals surface area (Å²) in [6.45, 7) is 1.62. The molecule has 2 unspecified atom stereocenters. The Kier molecular flexibility index (Phi) is 2.64. The number of hydrogen-bond donors (Lipinski definition) is 1. The first kappa shape index (κ1) is 10.5. The number of aliphatic hydroxyl groups excluding tert-OH is 1. The summed E-state index contributed by atoms with van der Waals surface area (Å²) in [5.41, 5.74) is -1.04. The van der Waals surface area contributed by atoms with Gasteiger partial charge in [-0.2, -0.15) is 0 Å². The van der Waals surface area contributed by atoms with Crippen molar-refractivity contribution in [3.8, 4) is 12.3 Å². The lowest BCUT2D eigenvalue weighted by molar-refractivity contribution is -0.357. The predicted molar refractivity (Wildman–Crippen MR) is 45.7 cm³/mol. The minimum absolute atomic E-state index is 0.209. The summed E-state index contributed by atoms with van der Waals surface area (Å²) in [6, 6.07) is 0. The van der Waals surface area contributed by atoms with E-state index in [9.17, 15) is 5.11 Å². The maximum atomic E-state index is 9.62. The molecule has 1 heterocycles. The lowest BCUT2D eigenvalue weighted by Crippen LogP contribution is -2.37. The molecular weight excluding hydrogens is 172 g/mol. The number of ether oxygens (including phenoxy) is 3. The quantitative estimate of drug-likeness (QED) is 0.491. The van der Waals surface area contributed by atoms with Gasteiger partial charge in [0.05, 0.1) is 6.42 Å². The SMILES string of the molecule is C#CC1(C)OC(OC)(OC)CC1O. The van der Waals surface area contributed by atoms with E-state index in [4.69, 9.17) is 20.6 Å². The van der Waals surface area contributed by atoms with Crippen molar-refractivity contribution in [3.63, 3.8) is 0 Å². The maximum absolute atomic E-state index is 9.62. The molecule has 2 atom stereocenters. The van der Waals surface area contributed by atoms with Crippen molar-refractivity contribution in [2.75, 3.05) is 14.2 Å². The van der Waals surface area contributed by atoms with Gasteiger partial charge in [0.1, 0.15) is 6.10 Å². The normalized spacial score (nSPS) is 37.3. The lowest BCUT2D eigenvalue weighted by atomic mass is 10.0. The van der Waals surface area contributed by atoms with Crippen LogP contribution in [0.15, 0.2) is 0 Å². The molecule has 0 aliphatic carbocycles. The van der Waals surface area contributed by atoms with Crippen molar-refractivity contribution >= 4 is 0 Å². The Labute approximate surface area is 77.8 Å². The van der Waals surface area contributed by atoms with Crippen molar-refractivity contribution in [3.05, 3.63) is 0 Å². The van der Waals surface area contributed by atoms with Crippen LogP contribution in [0.3, 0.4) is 0 Å². The predicted octanol–water partition coefficient (Wildman–Crippen LogP) is 0.106. The van der Waals surface area contributed by atoms with E-state index in [1.807, 2.05) is 0 Å². The molecule has 0 aromatic rings. The van der Waals surface area contributed by atoms with Gasteiger partial charge in [-0.3, -0.25) is 0 Å². The molecule has 0 aromatic heterocycles. The molecule has 0 amide bonds. The Bertz CT molecular complexity index is 228. The van der Waals surface area contributed by atoms with Crippen LogP contribution in [0.2, 0.25) is 0 Å². The molecule has 0 bridgehead atoms. The molecule has 1 saturated heterocycles. The number of methoxy groups -OCH3 is 2. The van der Waals surface area contributed by atoms with Gasteiger partial charge >= 0.3 is 0 Å². The largest absolute Gasteiger partial charge is 0.389 e. The smallest absolute Gasteiger partial charge is 0.286 e. The minimum atomic E-state index is -1.21. The second kappa shape index (κ2) is 3.28. The first-order chi connectivity index (χ1) is 6.02. The third-order valence-corrected chi connectivity index (χ3v) is 2.36. The van der Waals surface area contributed by atoms with Crippen LogP contribution in [0.5, 0.6) is 0 Å². The standard InChI is InChI=1S/C9H14O4/c1-5-8(2)7(10)6-9(11-3,12-4)13-8/h1,7,10H,6H2,2-4H3. The summed E-state index contributed by atoms with van der Waals surface area (Å²) in [5.74, 6) is 1.17. The number of hydrogen-bond acceptors (Lipinski definition) is 4. The van der Waals surface area contributed by atoms with Crippen LogP contribution in [0.25, 0.3) is 0 Å². The molecule has 0 radical (unpaired) electrons. The van der Waals surface area contributed by atoms with Crippen LogP contribution in [-0.2, 0) is 14.2 Å². The molecule has 13 heavy (non-hydrogen) atoms. The molecule has 0 spiro atoms. The maximum Gasteiger partial charge on any atom is 0.286 e. The molecule has 1 rings (SSSR count). The van der Waals surface area contributed by atoms with Gasteiger partial charge in [0.2, 0.25) is 0 Å². The zero-order chi connectivity index (χ0) is 10.1. The lowest BCUT2D eigenvalue weighted by Gasteiger charge is -2.27. The molecule has 1 fully saturated rings. The van der Waals surface area contributed by atoms with Crippen LogP contribution >= 0.6 is 0 Å². The van der Waals surface area contributed by atoms with E-state index >= 15 is 0 Å². The summed E-state index contributed by atoms with van der Waals surface area (Å²) in [6.07, 6.45) is 4.67. The second-order valence-electron chi connectivity index (χ2n) is 3.16. The van der Waals surface area contributed by atoms with Gasteiger partial charge in [-0.15, -0.1) is 6.42 Å². The minimum Gasteiger partial charge on any atom is -0.389 e. The average Bonchev–Trinajstić information content (AvgIpc) is 2.41. The molecule has 1 N–H and O–H groups in total. The molecule has 0 aromatic carbocycles. The van der Waals surface area contributed by atoms with Gasteiger partial charge in [-0.1, -0.05) is 5.92 Å². The van der Waals surface area contributed by atoms with Gasteiger partial charge in [0.25, 0.3) is 5.97 Å². The zero-order valence-electron chi connectivity index (χ0n) is 8.03. The van der Waals surface area contributed by atoms with E-state index in [1.54, 1.807) is 6.92 Å². The van der Waals surface area contributed by atoms with Gasteiger partial charge in [0, 0.05) is 14.2 Å². The molecule has 0 saturated carbocycles. The second-order valence-corrected chi connectivity index (χ2v) is 3.16. The van der Waals surface area contributed by atoms with E-state index < -0.39 is 17.7 Å². The van der Waals surface area contributed by atoms with Crippen molar-refractivity contribution in [1.29, 1.82) is 0 Å². The van der Waals surface area contributed by atoms with E-state index in [0.717, 1.165) is 0 Å². The topological polar surface area (TPSA) is 47.9 Å². The molecule has 4 nitrogen and oxygen atoms in total. The molecule has 74 valence electrons. The summed E-state index contributed by atoms with van der Waals surface area (Å²) in [4.78, 5) is 0.